The third kappa shape index (κ3) is 2.33. The van der Waals surface area contributed by atoms with Crippen LogP contribution in [0.4, 0.5) is 5.69 Å². The molecule has 1 aliphatic heterocycles. The number of rotatable bonds is 2. The van der Waals surface area contributed by atoms with Gasteiger partial charge in [-0.3, -0.25) is 0 Å². The van der Waals surface area contributed by atoms with Crippen LogP contribution in [-0.4, -0.2) is 11.1 Å². The maximum atomic E-state index is 11.3. The molecule has 3 nitrogen and oxygen atoms in total. The Morgan fingerprint density at radius 2 is 1.96 bits per heavy atom. The smallest absolute Gasteiger partial charge is 0.335 e. The van der Waals surface area contributed by atoms with Crippen LogP contribution in [0.2, 0.25) is 0 Å². The highest BCUT2D eigenvalue weighted by atomic mass is 16.4. The second-order valence-electron chi connectivity index (χ2n) is 6.49. The van der Waals surface area contributed by atoms with Crippen LogP contribution in [0, 0.1) is 12.8 Å². The van der Waals surface area contributed by atoms with Gasteiger partial charge in [-0.15, -0.1) is 0 Å². The summed E-state index contributed by atoms with van der Waals surface area (Å²) in [6.07, 6.45) is 5.48. The van der Waals surface area contributed by atoms with Gasteiger partial charge in [0.05, 0.1) is 11.6 Å². The number of anilines is 1. The van der Waals surface area contributed by atoms with Gasteiger partial charge in [-0.1, -0.05) is 42.0 Å². The Kier molecular flexibility index (Phi) is 3.22. The molecule has 23 heavy (non-hydrogen) atoms. The summed E-state index contributed by atoms with van der Waals surface area (Å²) in [4.78, 5) is 11.3. The second-order valence-corrected chi connectivity index (χ2v) is 6.49. The Bertz CT molecular complexity index is 792. The van der Waals surface area contributed by atoms with Gasteiger partial charge in [0.15, 0.2) is 0 Å². The lowest BCUT2D eigenvalue weighted by Gasteiger charge is -2.37. The summed E-state index contributed by atoms with van der Waals surface area (Å²) < 4.78 is 0. The highest BCUT2D eigenvalue weighted by Crippen LogP contribution is 2.49. The van der Waals surface area contributed by atoms with Crippen LogP contribution in [0.3, 0.4) is 0 Å². The minimum Gasteiger partial charge on any atom is -0.478 e. The first-order valence-corrected chi connectivity index (χ1v) is 8.00. The predicted molar refractivity (Wildman–Crippen MR) is 90.9 cm³/mol. The van der Waals surface area contributed by atoms with Gasteiger partial charge in [0.25, 0.3) is 0 Å². The lowest BCUT2D eigenvalue weighted by molar-refractivity contribution is 0.0696. The zero-order valence-electron chi connectivity index (χ0n) is 13.0. The van der Waals surface area contributed by atoms with E-state index in [2.05, 4.69) is 48.7 Å². The predicted octanol–water partition coefficient (Wildman–Crippen LogP) is 4.52. The molecule has 1 aliphatic carbocycles. The second kappa shape index (κ2) is 5.27. The minimum absolute atomic E-state index is 0.263. The van der Waals surface area contributed by atoms with Crippen LogP contribution in [0.1, 0.15) is 45.4 Å². The van der Waals surface area contributed by atoms with E-state index in [4.69, 9.17) is 0 Å². The van der Waals surface area contributed by atoms with E-state index in [0.717, 1.165) is 17.7 Å². The van der Waals surface area contributed by atoms with Crippen LogP contribution < -0.4 is 5.32 Å². The summed E-state index contributed by atoms with van der Waals surface area (Å²) in [5, 5.41) is 12.9. The van der Waals surface area contributed by atoms with Gasteiger partial charge in [0.1, 0.15) is 0 Å². The number of aromatic carboxylic acids is 1. The molecule has 0 fully saturated rings. The summed E-state index contributed by atoms with van der Waals surface area (Å²) in [7, 11) is 0. The van der Waals surface area contributed by atoms with Crippen LogP contribution in [0.25, 0.3) is 0 Å². The van der Waals surface area contributed by atoms with Gasteiger partial charge in [0.2, 0.25) is 0 Å². The molecule has 1 heterocycles. The molecule has 0 amide bonds. The number of fused-ring (bicyclic) bond motifs is 3. The van der Waals surface area contributed by atoms with Crippen molar-refractivity contribution in [2.24, 2.45) is 5.92 Å². The molecule has 2 aromatic carbocycles. The van der Waals surface area contributed by atoms with Gasteiger partial charge < -0.3 is 10.4 Å². The number of carboxylic acids is 1. The van der Waals surface area contributed by atoms with Gasteiger partial charge in [-0.25, -0.2) is 4.79 Å². The van der Waals surface area contributed by atoms with Crippen molar-refractivity contribution in [2.75, 3.05) is 5.32 Å². The topological polar surface area (TPSA) is 49.3 Å². The molecule has 2 aliphatic rings. The standard InChI is InChI=1S/C20H19NO2/c1-12-5-7-13(8-6-12)19-16-4-2-3-15(16)17-11-14(20(22)23)9-10-18(17)21-19/h2-3,5-11,15-16,19,21H,4H2,1H3,(H,22,23)/t15?,16?,19-/m0/s1. The van der Waals surface area contributed by atoms with Crippen molar-refractivity contribution in [3.63, 3.8) is 0 Å². The van der Waals surface area contributed by atoms with Crippen molar-refractivity contribution in [3.8, 4) is 0 Å². The summed E-state index contributed by atoms with van der Waals surface area (Å²) in [6.45, 7) is 2.10. The molecule has 3 heteroatoms. The van der Waals surface area contributed by atoms with E-state index in [-0.39, 0.29) is 12.0 Å². The Morgan fingerprint density at radius 1 is 1.17 bits per heavy atom. The lowest BCUT2D eigenvalue weighted by Crippen LogP contribution is -2.29. The number of hydrogen-bond donors (Lipinski definition) is 2. The molecule has 2 unspecified atom stereocenters. The number of allylic oxidation sites excluding steroid dienone is 2. The van der Waals surface area contributed by atoms with Crippen LogP contribution in [0.15, 0.2) is 54.6 Å². The third-order valence-electron chi connectivity index (χ3n) is 5.05. The summed E-state index contributed by atoms with van der Waals surface area (Å²) >= 11 is 0. The molecular weight excluding hydrogens is 286 g/mol. The highest BCUT2D eigenvalue weighted by Gasteiger charge is 2.38. The van der Waals surface area contributed by atoms with Crippen LogP contribution in [-0.2, 0) is 0 Å². The normalized spacial score (nSPS) is 24.7. The SMILES string of the molecule is Cc1ccc([C@@H]2Nc3ccc(C(=O)O)cc3C3C=CCC32)cc1. The number of hydrogen-bond acceptors (Lipinski definition) is 2. The number of aryl methyl sites for hydroxylation is 1. The Balaban J connectivity index is 1.77. The maximum Gasteiger partial charge on any atom is 0.335 e. The quantitative estimate of drug-likeness (QED) is 0.802. The first-order valence-electron chi connectivity index (χ1n) is 8.00. The van der Waals surface area contributed by atoms with E-state index in [9.17, 15) is 9.90 Å². The van der Waals surface area contributed by atoms with E-state index in [1.807, 2.05) is 12.1 Å². The number of carboxylic acid groups (broad SMARTS) is 1. The molecule has 2 N–H and O–H groups in total. The average molecular weight is 305 g/mol. The van der Waals surface area contributed by atoms with Crippen molar-refractivity contribution in [2.45, 2.75) is 25.3 Å². The van der Waals surface area contributed by atoms with Gasteiger partial charge in [-0.2, -0.15) is 0 Å². The Morgan fingerprint density at radius 3 is 2.70 bits per heavy atom. The molecule has 0 aromatic heterocycles. The van der Waals surface area contributed by atoms with Crippen LogP contribution in [0.5, 0.6) is 0 Å². The maximum absolute atomic E-state index is 11.3. The zero-order chi connectivity index (χ0) is 16.0. The first kappa shape index (κ1) is 14.1. The third-order valence-corrected chi connectivity index (χ3v) is 5.05. The van der Waals surface area contributed by atoms with E-state index < -0.39 is 5.97 Å². The van der Waals surface area contributed by atoms with Crippen molar-refractivity contribution in [3.05, 3.63) is 76.9 Å². The minimum atomic E-state index is -0.869. The molecule has 0 bridgehead atoms. The first-order chi connectivity index (χ1) is 11.1. The van der Waals surface area contributed by atoms with Gasteiger partial charge in [-0.05, 0) is 48.6 Å². The molecule has 0 saturated heterocycles. The molecule has 116 valence electrons. The molecular formula is C20H19NO2. The van der Waals surface area contributed by atoms with Gasteiger partial charge in [0, 0.05) is 11.6 Å². The molecule has 0 radical (unpaired) electrons. The Hall–Kier alpha value is -2.55. The molecule has 4 rings (SSSR count). The number of nitrogens with one attached hydrogen (secondary N) is 1. The molecule has 0 spiro atoms. The summed E-state index contributed by atoms with van der Waals surface area (Å²) in [5.74, 6) is -0.141. The largest absolute Gasteiger partial charge is 0.478 e. The van der Waals surface area contributed by atoms with Crippen molar-refractivity contribution in [1.82, 2.24) is 0 Å². The van der Waals surface area contributed by atoms with Crippen molar-refractivity contribution in [1.29, 1.82) is 0 Å². The fraction of sp³-hybridized carbons (Fsp3) is 0.250. The molecule has 3 atom stereocenters. The Labute approximate surface area is 135 Å². The lowest BCUT2D eigenvalue weighted by atomic mass is 9.76. The highest BCUT2D eigenvalue weighted by molar-refractivity contribution is 5.89. The molecule has 0 saturated carbocycles. The van der Waals surface area contributed by atoms with E-state index >= 15 is 0 Å². The van der Waals surface area contributed by atoms with Crippen molar-refractivity contribution < 1.29 is 9.90 Å². The fourth-order valence-corrected chi connectivity index (χ4v) is 3.83. The zero-order valence-corrected chi connectivity index (χ0v) is 13.0. The van der Waals surface area contributed by atoms with Gasteiger partial charge >= 0.3 is 5.97 Å². The average Bonchev–Trinajstić information content (AvgIpc) is 3.04. The summed E-state index contributed by atoms with van der Waals surface area (Å²) in [6, 6.07) is 14.4. The summed E-state index contributed by atoms with van der Waals surface area (Å²) in [5.41, 5.74) is 5.07. The van der Waals surface area contributed by atoms with E-state index in [1.54, 1.807) is 6.07 Å². The number of carbonyl (C=O) groups is 1. The fourth-order valence-electron chi connectivity index (χ4n) is 3.83. The van der Waals surface area contributed by atoms with E-state index in [0.29, 0.717) is 11.5 Å². The number of benzene rings is 2. The molecule has 2 aromatic rings. The van der Waals surface area contributed by atoms with Crippen LogP contribution >= 0.6 is 0 Å². The van der Waals surface area contributed by atoms with E-state index in [1.165, 1.54) is 11.1 Å². The monoisotopic (exact) mass is 305 g/mol. The van der Waals surface area contributed by atoms with Crippen molar-refractivity contribution >= 4 is 11.7 Å².